The van der Waals surface area contributed by atoms with Crippen LogP contribution in [0.5, 0.6) is 0 Å². The maximum absolute atomic E-state index is 9.05. The van der Waals surface area contributed by atoms with E-state index in [-0.39, 0.29) is 6.61 Å². The van der Waals surface area contributed by atoms with Crippen LogP contribution in [0.4, 0.5) is 0 Å². The van der Waals surface area contributed by atoms with Gasteiger partial charge in [0.2, 0.25) is 0 Å². The van der Waals surface area contributed by atoms with Crippen molar-refractivity contribution in [3.8, 4) is 0 Å². The summed E-state index contributed by atoms with van der Waals surface area (Å²) in [4.78, 5) is 0. The van der Waals surface area contributed by atoms with E-state index < -0.39 is 0 Å². The van der Waals surface area contributed by atoms with Crippen molar-refractivity contribution in [2.75, 3.05) is 6.61 Å². The minimum Gasteiger partial charge on any atom is -0.392 e. The summed E-state index contributed by atoms with van der Waals surface area (Å²) in [7, 11) is 0. The van der Waals surface area contributed by atoms with Gasteiger partial charge in [0.05, 0.1) is 6.61 Å². The van der Waals surface area contributed by atoms with E-state index >= 15 is 0 Å². The molecule has 1 saturated carbocycles. The number of fused-ring (bicyclic) bond motifs is 1. The highest BCUT2D eigenvalue weighted by atomic mass is 16.3. The van der Waals surface area contributed by atoms with Crippen molar-refractivity contribution in [1.29, 1.82) is 0 Å². The SMILES string of the molecule is OCC1=C2CCC[C@H]2C=CC1. The molecule has 0 radical (unpaired) electrons. The van der Waals surface area contributed by atoms with E-state index in [9.17, 15) is 0 Å². The van der Waals surface area contributed by atoms with Crippen LogP contribution in [0.2, 0.25) is 0 Å². The topological polar surface area (TPSA) is 20.2 Å². The van der Waals surface area contributed by atoms with Gasteiger partial charge in [0.15, 0.2) is 0 Å². The Hall–Kier alpha value is -0.560. The highest BCUT2D eigenvalue weighted by Gasteiger charge is 2.23. The number of aliphatic hydroxyl groups excluding tert-OH is 1. The monoisotopic (exact) mass is 150 g/mol. The van der Waals surface area contributed by atoms with Crippen molar-refractivity contribution in [2.45, 2.75) is 25.7 Å². The van der Waals surface area contributed by atoms with Crippen molar-refractivity contribution < 1.29 is 5.11 Å². The fraction of sp³-hybridized carbons (Fsp3) is 0.600. The zero-order valence-corrected chi connectivity index (χ0v) is 6.71. The molecule has 0 heterocycles. The van der Waals surface area contributed by atoms with E-state index in [0.717, 1.165) is 6.42 Å². The quantitative estimate of drug-likeness (QED) is 0.567. The molecule has 2 aliphatic rings. The molecule has 60 valence electrons. The Morgan fingerprint density at radius 3 is 3.27 bits per heavy atom. The summed E-state index contributed by atoms with van der Waals surface area (Å²) >= 11 is 0. The van der Waals surface area contributed by atoms with E-state index in [1.165, 1.54) is 30.4 Å². The minimum absolute atomic E-state index is 0.274. The highest BCUT2D eigenvalue weighted by Crippen LogP contribution is 2.37. The molecule has 0 spiro atoms. The second-order valence-corrected chi connectivity index (χ2v) is 3.42. The molecule has 1 N–H and O–H groups in total. The summed E-state index contributed by atoms with van der Waals surface area (Å²) in [5.41, 5.74) is 2.82. The Balaban J connectivity index is 2.27. The van der Waals surface area contributed by atoms with E-state index in [1.807, 2.05) is 0 Å². The molecule has 1 heteroatoms. The number of rotatable bonds is 1. The maximum Gasteiger partial charge on any atom is 0.0647 e. The zero-order chi connectivity index (χ0) is 7.68. The molecule has 0 aliphatic heterocycles. The number of hydrogen-bond donors (Lipinski definition) is 1. The number of aliphatic hydroxyl groups is 1. The van der Waals surface area contributed by atoms with Gasteiger partial charge in [0.25, 0.3) is 0 Å². The molecular weight excluding hydrogens is 136 g/mol. The number of allylic oxidation sites excluding steroid dienone is 3. The van der Waals surface area contributed by atoms with Crippen LogP contribution in [0.1, 0.15) is 25.7 Å². The van der Waals surface area contributed by atoms with Crippen LogP contribution in [0, 0.1) is 5.92 Å². The Labute approximate surface area is 67.4 Å². The highest BCUT2D eigenvalue weighted by molar-refractivity contribution is 5.30. The Bertz CT molecular complexity index is 213. The fourth-order valence-corrected chi connectivity index (χ4v) is 2.20. The predicted octanol–water partition coefficient (Wildman–Crippen LogP) is 2.04. The van der Waals surface area contributed by atoms with Crippen molar-refractivity contribution in [1.82, 2.24) is 0 Å². The first kappa shape index (κ1) is 7.11. The summed E-state index contributed by atoms with van der Waals surface area (Å²) in [5.74, 6) is 0.686. The molecule has 0 aromatic carbocycles. The van der Waals surface area contributed by atoms with Crippen molar-refractivity contribution >= 4 is 0 Å². The first-order valence-corrected chi connectivity index (χ1v) is 4.40. The van der Waals surface area contributed by atoms with Crippen LogP contribution in [0.3, 0.4) is 0 Å². The lowest BCUT2D eigenvalue weighted by Gasteiger charge is -2.16. The van der Waals surface area contributed by atoms with E-state index in [1.54, 1.807) is 0 Å². The van der Waals surface area contributed by atoms with Crippen molar-refractivity contribution in [3.05, 3.63) is 23.3 Å². The lowest BCUT2D eigenvalue weighted by atomic mass is 9.91. The van der Waals surface area contributed by atoms with Gasteiger partial charge >= 0.3 is 0 Å². The van der Waals surface area contributed by atoms with Gasteiger partial charge in [-0.1, -0.05) is 17.7 Å². The standard InChI is InChI=1S/C10H14O/c11-7-9-5-1-3-8-4-2-6-10(8)9/h1,3,8,11H,2,4-7H2/t8-/m1/s1. The van der Waals surface area contributed by atoms with Crippen LogP contribution < -0.4 is 0 Å². The van der Waals surface area contributed by atoms with Gasteiger partial charge in [-0.3, -0.25) is 0 Å². The molecule has 0 aromatic rings. The second-order valence-electron chi connectivity index (χ2n) is 3.42. The van der Waals surface area contributed by atoms with E-state index in [4.69, 9.17) is 5.11 Å². The molecule has 0 aromatic heterocycles. The molecule has 1 nitrogen and oxygen atoms in total. The molecular formula is C10H14O. The molecule has 0 saturated heterocycles. The molecule has 0 bridgehead atoms. The molecule has 11 heavy (non-hydrogen) atoms. The Morgan fingerprint density at radius 2 is 2.45 bits per heavy atom. The van der Waals surface area contributed by atoms with Gasteiger partial charge in [0, 0.05) is 0 Å². The molecule has 2 rings (SSSR count). The third kappa shape index (κ3) is 1.14. The van der Waals surface area contributed by atoms with Gasteiger partial charge in [-0.15, -0.1) is 0 Å². The molecule has 2 aliphatic carbocycles. The minimum atomic E-state index is 0.274. The van der Waals surface area contributed by atoms with E-state index in [2.05, 4.69) is 12.2 Å². The van der Waals surface area contributed by atoms with Gasteiger partial charge in [-0.05, 0) is 37.2 Å². The maximum atomic E-state index is 9.05. The fourth-order valence-electron chi connectivity index (χ4n) is 2.20. The van der Waals surface area contributed by atoms with Crippen molar-refractivity contribution in [3.63, 3.8) is 0 Å². The molecule has 1 atom stereocenters. The summed E-state index contributed by atoms with van der Waals surface area (Å²) in [6.07, 6.45) is 9.34. The van der Waals surface area contributed by atoms with Crippen LogP contribution in [-0.4, -0.2) is 11.7 Å². The summed E-state index contributed by atoms with van der Waals surface area (Å²) in [6.45, 7) is 0.274. The smallest absolute Gasteiger partial charge is 0.0647 e. The predicted molar refractivity (Wildman–Crippen MR) is 45.2 cm³/mol. The lowest BCUT2D eigenvalue weighted by molar-refractivity contribution is 0.325. The normalized spacial score (nSPS) is 29.4. The van der Waals surface area contributed by atoms with E-state index in [0.29, 0.717) is 5.92 Å². The van der Waals surface area contributed by atoms with Crippen LogP contribution >= 0.6 is 0 Å². The molecule has 1 fully saturated rings. The largest absolute Gasteiger partial charge is 0.392 e. The van der Waals surface area contributed by atoms with Crippen LogP contribution in [0.15, 0.2) is 23.3 Å². The Morgan fingerprint density at radius 1 is 1.55 bits per heavy atom. The van der Waals surface area contributed by atoms with Crippen LogP contribution in [0.25, 0.3) is 0 Å². The average molecular weight is 150 g/mol. The first-order valence-electron chi connectivity index (χ1n) is 4.40. The Kier molecular flexibility index (Phi) is 1.82. The third-order valence-corrected chi connectivity index (χ3v) is 2.79. The average Bonchev–Trinajstić information content (AvgIpc) is 2.50. The number of hydrogen-bond acceptors (Lipinski definition) is 1. The van der Waals surface area contributed by atoms with Crippen LogP contribution in [-0.2, 0) is 0 Å². The second kappa shape index (κ2) is 2.82. The molecule has 0 unspecified atom stereocenters. The third-order valence-electron chi connectivity index (χ3n) is 2.79. The zero-order valence-electron chi connectivity index (χ0n) is 6.71. The van der Waals surface area contributed by atoms with Gasteiger partial charge in [-0.25, -0.2) is 0 Å². The summed E-state index contributed by atoms with van der Waals surface area (Å²) in [6, 6.07) is 0. The first-order chi connectivity index (χ1) is 5.42. The van der Waals surface area contributed by atoms with Crippen molar-refractivity contribution in [2.24, 2.45) is 5.92 Å². The van der Waals surface area contributed by atoms with Gasteiger partial charge < -0.3 is 5.11 Å². The molecule has 0 amide bonds. The summed E-state index contributed by atoms with van der Waals surface area (Å²) < 4.78 is 0. The van der Waals surface area contributed by atoms with Gasteiger partial charge in [0.1, 0.15) is 0 Å². The van der Waals surface area contributed by atoms with Gasteiger partial charge in [-0.2, -0.15) is 0 Å². The summed E-state index contributed by atoms with van der Waals surface area (Å²) in [5, 5.41) is 9.05. The lowest BCUT2D eigenvalue weighted by Crippen LogP contribution is -2.04.